The van der Waals surface area contributed by atoms with Crippen molar-refractivity contribution >= 4 is 15.9 Å². The van der Waals surface area contributed by atoms with E-state index in [0.717, 1.165) is 18.2 Å². The number of primary sulfonamides is 1. The average Bonchev–Trinajstić information content (AvgIpc) is 2.33. The molecule has 0 aliphatic heterocycles. The van der Waals surface area contributed by atoms with Crippen molar-refractivity contribution in [1.29, 1.82) is 0 Å². The van der Waals surface area contributed by atoms with Crippen molar-refractivity contribution in [2.75, 3.05) is 13.1 Å². The molecule has 0 aliphatic carbocycles. The number of carbonyl (C=O) groups excluding carboxylic acids is 1. The Bertz CT molecular complexity index is 599. The fraction of sp³-hybridized carbons (Fsp3) is 0.250. The summed E-state index contributed by atoms with van der Waals surface area (Å²) in [6.45, 7) is 5.79. The van der Waals surface area contributed by atoms with Crippen molar-refractivity contribution in [3.63, 3.8) is 0 Å². The first-order valence-corrected chi connectivity index (χ1v) is 7.08. The summed E-state index contributed by atoms with van der Waals surface area (Å²) < 4.78 is 36.0. The second-order valence-electron chi connectivity index (χ2n) is 3.82. The Hall–Kier alpha value is -1.73. The summed E-state index contributed by atoms with van der Waals surface area (Å²) in [6, 6.07) is 2.80. The van der Waals surface area contributed by atoms with Gasteiger partial charge in [-0.1, -0.05) is 6.08 Å². The summed E-state index contributed by atoms with van der Waals surface area (Å²) in [5, 5.41) is 5.02. The van der Waals surface area contributed by atoms with Gasteiger partial charge in [0.2, 0.25) is 10.0 Å². The molecule has 104 valence electrons. The molecule has 1 rings (SSSR count). The van der Waals surface area contributed by atoms with Crippen LogP contribution in [0, 0.1) is 5.82 Å². The monoisotopic (exact) mass is 286 g/mol. The zero-order valence-electron chi connectivity index (χ0n) is 10.5. The molecule has 19 heavy (non-hydrogen) atoms. The lowest BCUT2D eigenvalue weighted by atomic mass is 10.2. The van der Waals surface area contributed by atoms with Crippen molar-refractivity contribution < 1.29 is 17.6 Å². The lowest BCUT2D eigenvalue weighted by molar-refractivity contribution is 0.0777. The molecule has 0 aromatic heterocycles. The average molecular weight is 286 g/mol. The summed E-state index contributed by atoms with van der Waals surface area (Å²) in [4.78, 5) is 13.1. The van der Waals surface area contributed by atoms with Crippen molar-refractivity contribution in [2.24, 2.45) is 5.14 Å². The van der Waals surface area contributed by atoms with Crippen molar-refractivity contribution in [1.82, 2.24) is 4.90 Å². The molecule has 0 saturated carbocycles. The Labute approximate surface area is 111 Å². The van der Waals surface area contributed by atoms with Crippen molar-refractivity contribution in [2.45, 2.75) is 11.8 Å². The van der Waals surface area contributed by atoms with Crippen LogP contribution in [0.25, 0.3) is 0 Å². The van der Waals surface area contributed by atoms with Crippen LogP contribution in [0.4, 0.5) is 4.39 Å². The molecule has 0 unspecified atom stereocenters. The van der Waals surface area contributed by atoms with E-state index in [9.17, 15) is 17.6 Å². The van der Waals surface area contributed by atoms with Crippen LogP contribution in [-0.2, 0) is 10.0 Å². The van der Waals surface area contributed by atoms with Crippen LogP contribution in [0.1, 0.15) is 17.3 Å². The van der Waals surface area contributed by atoms with Gasteiger partial charge >= 0.3 is 0 Å². The van der Waals surface area contributed by atoms with Crippen LogP contribution in [0.3, 0.4) is 0 Å². The predicted molar refractivity (Wildman–Crippen MR) is 69.5 cm³/mol. The summed E-state index contributed by atoms with van der Waals surface area (Å²) in [7, 11) is -4.09. The van der Waals surface area contributed by atoms with Gasteiger partial charge in [-0.15, -0.1) is 6.58 Å². The highest BCUT2D eigenvalue weighted by Gasteiger charge is 2.23. The van der Waals surface area contributed by atoms with E-state index >= 15 is 0 Å². The molecule has 0 heterocycles. The van der Waals surface area contributed by atoms with Gasteiger partial charge < -0.3 is 4.90 Å². The van der Waals surface area contributed by atoms with Gasteiger partial charge in [0.15, 0.2) is 0 Å². The number of halogens is 1. The Kier molecular flexibility index (Phi) is 4.79. The first-order valence-electron chi connectivity index (χ1n) is 5.53. The molecule has 1 aromatic rings. The van der Waals surface area contributed by atoms with Gasteiger partial charge in [-0.3, -0.25) is 4.79 Å². The van der Waals surface area contributed by atoms with Crippen molar-refractivity contribution in [3.05, 3.63) is 42.2 Å². The van der Waals surface area contributed by atoms with Crippen molar-refractivity contribution in [3.8, 4) is 0 Å². The van der Waals surface area contributed by atoms with Crippen LogP contribution in [0.5, 0.6) is 0 Å². The number of nitrogens with zero attached hydrogens (tertiary/aromatic N) is 1. The number of hydrogen-bond acceptors (Lipinski definition) is 3. The van der Waals surface area contributed by atoms with E-state index < -0.39 is 21.7 Å². The molecule has 0 radical (unpaired) electrons. The summed E-state index contributed by atoms with van der Waals surface area (Å²) in [5.41, 5.74) is -0.272. The fourth-order valence-electron chi connectivity index (χ4n) is 1.60. The molecule has 0 fully saturated rings. The zero-order valence-corrected chi connectivity index (χ0v) is 11.3. The minimum Gasteiger partial charge on any atom is -0.335 e. The maximum atomic E-state index is 13.2. The Morgan fingerprint density at radius 2 is 2.16 bits per heavy atom. The lowest BCUT2D eigenvalue weighted by Crippen LogP contribution is -2.32. The number of carbonyl (C=O) groups is 1. The van der Waals surface area contributed by atoms with E-state index in [-0.39, 0.29) is 17.0 Å². The van der Waals surface area contributed by atoms with E-state index in [1.807, 2.05) is 0 Å². The summed E-state index contributed by atoms with van der Waals surface area (Å²) in [6.07, 6.45) is 1.50. The van der Waals surface area contributed by atoms with E-state index in [2.05, 4.69) is 6.58 Å². The minimum atomic E-state index is -4.09. The molecule has 0 bridgehead atoms. The summed E-state index contributed by atoms with van der Waals surface area (Å²) >= 11 is 0. The highest BCUT2D eigenvalue weighted by molar-refractivity contribution is 7.89. The third kappa shape index (κ3) is 3.62. The second-order valence-corrected chi connectivity index (χ2v) is 5.35. The highest BCUT2D eigenvalue weighted by atomic mass is 32.2. The van der Waals surface area contributed by atoms with Gasteiger partial charge in [0.25, 0.3) is 5.91 Å². The van der Waals surface area contributed by atoms with Gasteiger partial charge in [0.1, 0.15) is 5.82 Å². The molecule has 5 nitrogen and oxygen atoms in total. The Morgan fingerprint density at radius 1 is 1.53 bits per heavy atom. The largest absolute Gasteiger partial charge is 0.335 e. The van der Waals surface area contributed by atoms with E-state index in [1.54, 1.807) is 6.92 Å². The number of rotatable bonds is 5. The number of nitrogens with two attached hydrogens (primary N) is 1. The Morgan fingerprint density at radius 3 is 2.63 bits per heavy atom. The first kappa shape index (κ1) is 15.3. The molecule has 0 saturated heterocycles. The number of amides is 1. The molecule has 1 aromatic carbocycles. The quantitative estimate of drug-likeness (QED) is 0.824. The first-order chi connectivity index (χ1) is 8.81. The van der Waals surface area contributed by atoms with Crippen LogP contribution >= 0.6 is 0 Å². The van der Waals surface area contributed by atoms with E-state index in [1.165, 1.54) is 11.0 Å². The third-order valence-electron chi connectivity index (χ3n) is 2.50. The fourth-order valence-corrected chi connectivity index (χ4v) is 2.31. The zero-order chi connectivity index (χ0) is 14.6. The van der Waals surface area contributed by atoms with Gasteiger partial charge in [0.05, 0.1) is 10.5 Å². The van der Waals surface area contributed by atoms with Crippen LogP contribution < -0.4 is 5.14 Å². The van der Waals surface area contributed by atoms with Crippen LogP contribution in [0.15, 0.2) is 35.7 Å². The van der Waals surface area contributed by atoms with Gasteiger partial charge in [0, 0.05) is 13.1 Å². The molecule has 7 heteroatoms. The highest BCUT2D eigenvalue weighted by Crippen LogP contribution is 2.18. The number of sulfonamides is 1. The minimum absolute atomic E-state index is 0.232. The van der Waals surface area contributed by atoms with Gasteiger partial charge in [-0.05, 0) is 25.1 Å². The number of likely N-dealkylation sites (N-methyl/N-ethyl adjacent to an activating group) is 1. The van der Waals surface area contributed by atoms with Gasteiger partial charge in [-0.2, -0.15) is 0 Å². The maximum absolute atomic E-state index is 13.2. The van der Waals surface area contributed by atoms with Gasteiger partial charge in [-0.25, -0.2) is 17.9 Å². The van der Waals surface area contributed by atoms with Crippen LogP contribution in [0.2, 0.25) is 0 Å². The molecule has 2 N–H and O–H groups in total. The Balaban J connectivity index is 3.36. The third-order valence-corrected chi connectivity index (χ3v) is 3.47. The standard InChI is InChI=1S/C12H15FN2O3S/c1-3-7-15(4-2)12(16)10-8-9(13)5-6-11(10)19(14,17)18/h3,5-6,8H,1,4,7H2,2H3,(H2,14,17,18). The SMILES string of the molecule is C=CCN(CC)C(=O)c1cc(F)ccc1S(N)(=O)=O. The number of benzene rings is 1. The second kappa shape index (κ2) is 5.94. The summed E-state index contributed by atoms with van der Waals surface area (Å²) in [5.74, 6) is -1.31. The molecule has 0 spiro atoms. The predicted octanol–water partition coefficient (Wildman–Crippen LogP) is 1.12. The van der Waals surface area contributed by atoms with E-state index in [0.29, 0.717) is 6.54 Å². The van der Waals surface area contributed by atoms with E-state index in [4.69, 9.17) is 5.14 Å². The molecular weight excluding hydrogens is 271 g/mol. The molecular formula is C12H15FN2O3S. The maximum Gasteiger partial charge on any atom is 0.255 e. The lowest BCUT2D eigenvalue weighted by Gasteiger charge is -2.20. The van der Waals surface area contributed by atoms with Crippen LogP contribution in [-0.4, -0.2) is 32.3 Å². The molecule has 0 aliphatic rings. The molecule has 0 atom stereocenters. The topological polar surface area (TPSA) is 80.5 Å². The molecule has 1 amide bonds. The smallest absolute Gasteiger partial charge is 0.255 e. The normalized spacial score (nSPS) is 11.1. The number of hydrogen-bond donors (Lipinski definition) is 1.